The minimum absolute atomic E-state index is 0.124. The number of aromatic nitrogens is 2. The third-order valence-electron chi connectivity index (χ3n) is 6.21. The number of thioether (sulfide) groups is 1. The summed E-state index contributed by atoms with van der Waals surface area (Å²) in [7, 11) is 0. The fourth-order valence-corrected chi connectivity index (χ4v) is 4.84. The van der Waals surface area contributed by atoms with Crippen molar-refractivity contribution in [1.82, 2.24) is 9.97 Å². The first-order valence-corrected chi connectivity index (χ1v) is 13.2. The number of hydrogen-bond acceptors (Lipinski definition) is 10. The van der Waals surface area contributed by atoms with Gasteiger partial charge in [0.25, 0.3) is 6.02 Å². The molecule has 192 valence electrons. The van der Waals surface area contributed by atoms with Gasteiger partial charge < -0.3 is 24.8 Å². The van der Waals surface area contributed by atoms with E-state index in [0.717, 1.165) is 48.1 Å². The highest BCUT2D eigenvalue weighted by Crippen LogP contribution is 2.33. The summed E-state index contributed by atoms with van der Waals surface area (Å²) in [5.74, 6) is 1.13. The molecule has 3 heterocycles. The van der Waals surface area contributed by atoms with Gasteiger partial charge >= 0.3 is 0 Å². The first-order valence-electron chi connectivity index (χ1n) is 11.9. The van der Waals surface area contributed by atoms with Crippen LogP contribution in [0.4, 0.5) is 17.2 Å². The topological polar surface area (TPSA) is 114 Å². The van der Waals surface area contributed by atoms with E-state index in [1.54, 1.807) is 17.5 Å². The van der Waals surface area contributed by atoms with E-state index in [9.17, 15) is 0 Å². The van der Waals surface area contributed by atoms with Crippen LogP contribution in [0.2, 0.25) is 5.02 Å². The number of halogens is 1. The zero-order valence-electron chi connectivity index (χ0n) is 20.1. The van der Waals surface area contributed by atoms with Gasteiger partial charge in [-0.05, 0) is 41.8 Å². The summed E-state index contributed by atoms with van der Waals surface area (Å²) < 4.78 is 17.5. The Balaban J connectivity index is 1.31. The fraction of sp³-hybridized carbons (Fsp3) is 0.308. The number of benzene rings is 2. The Morgan fingerprint density at radius 3 is 2.76 bits per heavy atom. The molecule has 0 saturated carbocycles. The molecule has 2 aliphatic heterocycles. The average Bonchev–Trinajstić information content (AvgIpc) is 2.89. The van der Waals surface area contributed by atoms with Gasteiger partial charge in [-0.1, -0.05) is 29.9 Å². The van der Waals surface area contributed by atoms with E-state index in [2.05, 4.69) is 32.2 Å². The van der Waals surface area contributed by atoms with Crippen LogP contribution in [-0.4, -0.2) is 53.0 Å². The lowest BCUT2D eigenvalue weighted by Gasteiger charge is -2.39. The van der Waals surface area contributed by atoms with Crippen molar-refractivity contribution in [3.05, 3.63) is 59.7 Å². The van der Waals surface area contributed by atoms with Gasteiger partial charge in [-0.15, -0.1) is 0 Å². The maximum Gasteiger partial charge on any atom is 0.289 e. The van der Waals surface area contributed by atoms with E-state index in [1.165, 1.54) is 18.1 Å². The van der Waals surface area contributed by atoms with Gasteiger partial charge in [-0.25, -0.2) is 15.0 Å². The molecule has 0 aliphatic carbocycles. The molecule has 3 N–H and O–H groups in total. The minimum Gasteiger partial charge on any atom is -0.485 e. The number of amidine groups is 1. The maximum absolute atomic E-state index is 7.80. The number of ether oxygens (including phenoxy) is 3. The number of hydrogen-bond donors (Lipinski definition) is 3. The highest BCUT2D eigenvalue weighted by atomic mass is 35.5. The molecule has 0 bridgehead atoms. The van der Waals surface area contributed by atoms with Crippen molar-refractivity contribution in [2.24, 2.45) is 4.99 Å². The van der Waals surface area contributed by atoms with Crippen molar-refractivity contribution in [2.45, 2.75) is 24.9 Å². The molecular formula is C26H27ClN6O3S. The standard InChI is InChI=1S/C26H27ClN6O3S/c1-2-37-23(28)15-35-22-6-4-18(14-20(22)27)32-24-19-13-17(3-5-21(19)30-16-31-24)33-25-29-10-7-26(36-25)8-11-34-12-9-26/h2-6,13-14,16,28H,1,7-12,15H2,(H,29,33)(H,30,31,32). The second-order valence-corrected chi connectivity index (χ2v) is 10.1. The van der Waals surface area contributed by atoms with Crippen molar-refractivity contribution in [3.8, 4) is 5.75 Å². The normalized spacial score (nSPS) is 16.5. The number of rotatable bonds is 7. The Morgan fingerprint density at radius 2 is 1.95 bits per heavy atom. The van der Waals surface area contributed by atoms with Gasteiger partial charge in [0.1, 0.15) is 35.1 Å². The summed E-state index contributed by atoms with van der Waals surface area (Å²) in [4.78, 5) is 13.4. The summed E-state index contributed by atoms with van der Waals surface area (Å²) in [6, 6.07) is 11.7. The lowest BCUT2D eigenvalue weighted by atomic mass is 9.90. The third kappa shape index (κ3) is 6.15. The molecule has 2 aromatic carbocycles. The molecule has 1 spiro atoms. The molecule has 0 unspecified atom stereocenters. The van der Waals surface area contributed by atoms with Crippen LogP contribution >= 0.6 is 23.4 Å². The van der Waals surface area contributed by atoms with Gasteiger partial charge in [0, 0.05) is 42.6 Å². The summed E-state index contributed by atoms with van der Waals surface area (Å²) >= 11 is 7.64. The van der Waals surface area contributed by atoms with E-state index in [4.69, 9.17) is 31.2 Å². The van der Waals surface area contributed by atoms with Gasteiger partial charge in [-0.3, -0.25) is 5.41 Å². The predicted molar refractivity (Wildman–Crippen MR) is 150 cm³/mol. The molecule has 1 fully saturated rings. The highest BCUT2D eigenvalue weighted by Gasteiger charge is 2.37. The molecule has 3 aromatic rings. The zero-order valence-corrected chi connectivity index (χ0v) is 21.7. The second-order valence-electron chi connectivity index (χ2n) is 8.68. The monoisotopic (exact) mass is 538 g/mol. The quantitative estimate of drug-likeness (QED) is 0.248. The van der Waals surface area contributed by atoms with Crippen molar-refractivity contribution >= 4 is 62.5 Å². The third-order valence-corrected chi connectivity index (χ3v) is 7.07. The number of anilines is 3. The molecule has 9 nitrogen and oxygen atoms in total. The molecule has 5 rings (SSSR count). The highest BCUT2D eigenvalue weighted by molar-refractivity contribution is 8.16. The van der Waals surface area contributed by atoms with Crippen molar-refractivity contribution in [2.75, 3.05) is 37.0 Å². The van der Waals surface area contributed by atoms with Crippen LogP contribution in [0.3, 0.4) is 0 Å². The molecular weight excluding hydrogens is 512 g/mol. The Bertz CT molecular complexity index is 1350. The second kappa shape index (κ2) is 11.4. The molecule has 1 saturated heterocycles. The Morgan fingerprint density at radius 1 is 1.14 bits per heavy atom. The van der Waals surface area contributed by atoms with Crippen LogP contribution < -0.4 is 15.4 Å². The fourth-order valence-electron chi connectivity index (χ4n) is 4.28. The summed E-state index contributed by atoms with van der Waals surface area (Å²) in [6.45, 7) is 5.87. The average molecular weight is 539 g/mol. The summed E-state index contributed by atoms with van der Waals surface area (Å²) in [5.41, 5.74) is 2.16. The smallest absolute Gasteiger partial charge is 0.289 e. The first kappa shape index (κ1) is 25.3. The van der Waals surface area contributed by atoms with Crippen LogP contribution in [0.5, 0.6) is 5.75 Å². The first-order chi connectivity index (χ1) is 18.0. The van der Waals surface area contributed by atoms with Crippen LogP contribution in [0.25, 0.3) is 10.9 Å². The molecule has 0 atom stereocenters. The van der Waals surface area contributed by atoms with Crippen molar-refractivity contribution < 1.29 is 14.2 Å². The Kier molecular flexibility index (Phi) is 7.78. The van der Waals surface area contributed by atoms with Crippen LogP contribution in [0.15, 0.2) is 59.7 Å². The number of fused-ring (bicyclic) bond motifs is 1. The zero-order chi connectivity index (χ0) is 25.7. The van der Waals surface area contributed by atoms with Gasteiger partial charge in [-0.2, -0.15) is 0 Å². The molecule has 11 heteroatoms. The van der Waals surface area contributed by atoms with E-state index >= 15 is 0 Å². The van der Waals surface area contributed by atoms with Crippen molar-refractivity contribution in [1.29, 1.82) is 5.41 Å². The lowest BCUT2D eigenvalue weighted by Crippen LogP contribution is -2.45. The van der Waals surface area contributed by atoms with E-state index in [1.807, 2.05) is 24.3 Å². The lowest BCUT2D eigenvalue weighted by molar-refractivity contribution is -0.0622. The van der Waals surface area contributed by atoms with Gasteiger partial charge in [0.2, 0.25) is 0 Å². The van der Waals surface area contributed by atoms with Crippen LogP contribution in [0.1, 0.15) is 19.3 Å². The minimum atomic E-state index is -0.199. The molecule has 1 aromatic heterocycles. The Hall–Kier alpha value is -3.34. The summed E-state index contributed by atoms with van der Waals surface area (Å²) in [5, 5.41) is 17.6. The van der Waals surface area contributed by atoms with Gasteiger partial charge in [0.05, 0.1) is 23.8 Å². The number of nitrogens with one attached hydrogen (secondary N) is 3. The maximum atomic E-state index is 7.80. The van der Waals surface area contributed by atoms with Crippen LogP contribution in [-0.2, 0) is 9.47 Å². The largest absolute Gasteiger partial charge is 0.485 e. The molecule has 2 aliphatic rings. The van der Waals surface area contributed by atoms with Crippen molar-refractivity contribution in [3.63, 3.8) is 0 Å². The van der Waals surface area contributed by atoms with Crippen LogP contribution in [0, 0.1) is 5.41 Å². The van der Waals surface area contributed by atoms with E-state index in [-0.39, 0.29) is 12.2 Å². The van der Waals surface area contributed by atoms with E-state index < -0.39 is 0 Å². The van der Waals surface area contributed by atoms with Gasteiger partial charge in [0.15, 0.2) is 0 Å². The number of aliphatic imine (C=N–C) groups is 1. The number of nitrogens with zero attached hydrogens (tertiary/aromatic N) is 3. The molecule has 0 radical (unpaired) electrons. The van der Waals surface area contributed by atoms with E-state index in [0.29, 0.717) is 40.9 Å². The molecule has 0 amide bonds. The SMILES string of the molecule is C=CSC(=N)COc1ccc(Nc2ncnc3ccc(NC4=NCCC5(CCOCC5)O4)cc23)cc1Cl. The predicted octanol–water partition coefficient (Wildman–Crippen LogP) is 6.00. The molecule has 37 heavy (non-hydrogen) atoms. The Labute approximate surface area is 224 Å². The summed E-state index contributed by atoms with van der Waals surface area (Å²) in [6.07, 6.45) is 4.17.